The number of hydrogen-bond donors (Lipinski definition) is 1. The molecule has 0 spiro atoms. The Morgan fingerprint density at radius 1 is 1.00 bits per heavy atom. The van der Waals surface area contributed by atoms with Gasteiger partial charge in [-0.2, -0.15) is 0 Å². The number of nitrogens with zero attached hydrogens (tertiary/aromatic N) is 3. The summed E-state index contributed by atoms with van der Waals surface area (Å²) in [4.78, 5) is 30.0. The van der Waals surface area contributed by atoms with Crippen LogP contribution in [-0.4, -0.2) is 64.4 Å². The van der Waals surface area contributed by atoms with Crippen LogP contribution < -0.4 is 14.5 Å². The minimum absolute atomic E-state index is 0.0369. The summed E-state index contributed by atoms with van der Waals surface area (Å²) < 4.78 is 27.9. The van der Waals surface area contributed by atoms with Gasteiger partial charge in [0.05, 0.1) is 4.90 Å². The van der Waals surface area contributed by atoms with Crippen LogP contribution in [0.25, 0.3) is 0 Å². The Balaban J connectivity index is 1.27. The number of anilines is 2. The number of hydrogen-bond acceptors (Lipinski definition) is 5. The lowest BCUT2D eigenvalue weighted by atomic mass is 10.2. The van der Waals surface area contributed by atoms with Crippen LogP contribution in [0.2, 0.25) is 5.02 Å². The Bertz CT molecular complexity index is 1150. The van der Waals surface area contributed by atoms with Crippen LogP contribution in [0.3, 0.4) is 0 Å². The highest BCUT2D eigenvalue weighted by molar-refractivity contribution is 7.89. The predicted molar refractivity (Wildman–Crippen MR) is 128 cm³/mol. The lowest BCUT2D eigenvalue weighted by molar-refractivity contribution is -0.131. The first-order chi connectivity index (χ1) is 15.7. The molecule has 1 fully saturated rings. The minimum Gasteiger partial charge on any atom is -0.368 e. The number of halogens is 1. The molecular formula is C23H27ClN4O4S. The highest BCUT2D eigenvalue weighted by atomic mass is 35.5. The van der Waals surface area contributed by atoms with E-state index in [0.29, 0.717) is 44.2 Å². The molecule has 2 heterocycles. The zero-order valence-corrected chi connectivity index (χ0v) is 20.0. The third-order valence-corrected chi connectivity index (χ3v) is 7.80. The van der Waals surface area contributed by atoms with Gasteiger partial charge in [-0.05, 0) is 54.4 Å². The number of nitrogens with one attached hydrogen (secondary N) is 1. The maximum Gasteiger partial charge on any atom is 0.240 e. The Hall–Kier alpha value is -2.62. The Morgan fingerprint density at radius 3 is 2.36 bits per heavy atom. The van der Waals surface area contributed by atoms with Crippen molar-refractivity contribution in [2.24, 2.45) is 0 Å². The third-order valence-electron chi connectivity index (χ3n) is 6.09. The van der Waals surface area contributed by atoms with Gasteiger partial charge in [0.15, 0.2) is 0 Å². The van der Waals surface area contributed by atoms with Gasteiger partial charge in [-0.1, -0.05) is 11.6 Å². The maximum absolute atomic E-state index is 12.7. The molecule has 0 aromatic heterocycles. The molecule has 1 saturated heterocycles. The Morgan fingerprint density at radius 2 is 1.70 bits per heavy atom. The highest BCUT2D eigenvalue weighted by Crippen LogP contribution is 2.30. The molecule has 1 N–H and O–H groups in total. The second-order valence-corrected chi connectivity index (χ2v) is 10.4. The van der Waals surface area contributed by atoms with Crippen LogP contribution in [0.4, 0.5) is 11.4 Å². The fraction of sp³-hybridized carbons (Fsp3) is 0.391. The molecule has 2 aliphatic rings. The van der Waals surface area contributed by atoms with Crippen molar-refractivity contribution in [2.45, 2.75) is 24.7 Å². The van der Waals surface area contributed by atoms with Crippen molar-refractivity contribution in [1.29, 1.82) is 0 Å². The van der Waals surface area contributed by atoms with Crippen LogP contribution >= 0.6 is 11.6 Å². The molecule has 8 nitrogen and oxygen atoms in total. The Kier molecular flexibility index (Phi) is 6.92. The van der Waals surface area contributed by atoms with E-state index in [-0.39, 0.29) is 29.7 Å². The number of carbonyl (C=O) groups is 2. The first-order valence-electron chi connectivity index (χ1n) is 10.9. The first kappa shape index (κ1) is 23.5. The van der Waals surface area contributed by atoms with Crippen LogP contribution in [0.1, 0.15) is 18.9 Å². The molecule has 10 heteroatoms. The largest absolute Gasteiger partial charge is 0.368 e. The number of benzene rings is 2. The number of sulfonamides is 1. The van der Waals surface area contributed by atoms with Crippen LogP contribution in [0.15, 0.2) is 47.4 Å². The molecule has 0 radical (unpaired) electrons. The fourth-order valence-corrected chi connectivity index (χ4v) is 5.48. The standard InChI is InChI=1S/C23H27ClN4O4S/c1-17(29)28-11-9-18-16-21(6-7-22(18)28)33(31,32)25-10-8-23(30)27-14-12-26(13-15-27)20-4-2-19(24)3-5-20/h2-7,16,25H,8-15H2,1H3. The van der Waals surface area contributed by atoms with E-state index in [1.165, 1.54) is 13.0 Å². The van der Waals surface area contributed by atoms with Crippen molar-refractivity contribution in [3.63, 3.8) is 0 Å². The number of piperazine rings is 1. The van der Waals surface area contributed by atoms with Crippen molar-refractivity contribution in [1.82, 2.24) is 9.62 Å². The number of amides is 2. The summed E-state index contributed by atoms with van der Waals surface area (Å²) >= 11 is 5.94. The smallest absolute Gasteiger partial charge is 0.240 e. The minimum atomic E-state index is -3.74. The topological polar surface area (TPSA) is 90.0 Å². The average Bonchev–Trinajstić information content (AvgIpc) is 3.23. The molecule has 176 valence electrons. The van der Waals surface area contributed by atoms with Crippen molar-refractivity contribution in [3.05, 3.63) is 53.1 Å². The van der Waals surface area contributed by atoms with Gasteiger partial charge in [0.25, 0.3) is 0 Å². The van der Waals surface area contributed by atoms with Crippen LogP contribution in [0.5, 0.6) is 0 Å². The van der Waals surface area contributed by atoms with Gasteiger partial charge in [-0.15, -0.1) is 0 Å². The third kappa shape index (κ3) is 5.31. The lowest BCUT2D eigenvalue weighted by Crippen LogP contribution is -2.49. The van der Waals surface area contributed by atoms with E-state index < -0.39 is 10.0 Å². The first-order valence-corrected chi connectivity index (χ1v) is 12.8. The van der Waals surface area contributed by atoms with Gasteiger partial charge < -0.3 is 14.7 Å². The zero-order chi connectivity index (χ0) is 23.6. The van der Waals surface area contributed by atoms with E-state index in [9.17, 15) is 18.0 Å². The molecule has 0 unspecified atom stereocenters. The predicted octanol–water partition coefficient (Wildman–Crippen LogP) is 2.27. The summed E-state index contributed by atoms with van der Waals surface area (Å²) in [6.45, 7) is 4.70. The van der Waals surface area contributed by atoms with Crippen molar-refractivity contribution in [3.8, 4) is 0 Å². The molecule has 0 atom stereocenters. The number of fused-ring (bicyclic) bond motifs is 1. The summed E-state index contributed by atoms with van der Waals surface area (Å²) in [5.41, 5.74) is 2.66. The monoisotopic (exact) mass is 490 g/mol. The molecular weight excluding hydrogens is 464 g/mol. The molecule has 4 rings (SSSR count). The van der Waals surface area contributed by atoms with E-state index >= 15 is 0 Å². The Labute approximate surface area is 199 Å². The summed E-state index contributed by atoms with van der Waals surface area (Å²) in [5.74, 6) is -0.130. The van der Waals surface area contributed by atoms with E-state index in [1.807, 2.05) is 24.3 Å². The SMILES string of the molecule is CC(=O)N1CCc2cc(S(=O)(=O)NCCC(=O)N3CCN(c4ccc(Cl)cc4)CC3)ccc21. The van der Waals surface area contributed by atoms with Crippen LogP contribution in [-0.2, 0) is 26.0 Å². The van der Waals surface area contributed by atoms with Gasteiger partial charge in [0.2, 0.25) is 21.8 Å². The summed E-state index contributed by atoms with van der Waals surface area (Å²) in [7, 11) is -3.74. The molecule has 0 bridgehead atoms. The second kappa shape index (κ2) is 9.70. The molecule has 2 aliphatic heterocycles. The zero-order valence-electron chi connectivity index (χ0n) is 18.5. The van der Waals surface area contributed by atoms with Crippen molar-refractivity contribution in [2.75, 3.05) is 49.1 Å². The van der Waals surface area contributed by atoms with Crippen molar-refractivity contribution < 1.29 is 18.0 Å². The molecule has 0 aliphatic carbocycles. The number of rotatable bonds is 6. The number of carbonyl (C=O) groups excluding carboxylic acids is 2. The molecule has 2 amide bonds. The lowest BCUT2D eigenvalue weighted by Gasteiger charge is -2.36. The molecule has 2 aromatic rings. The van der Waals surface area contributed by atoms with Gasteiger partial charge in [-0.3, -0.25) is 9.59 Å². The van der Waals surface area contributed by atoms with E-state index in [4.69, 9.17) is 11.6 Å². The average molecular weight is 491 g/mol. The summed E-state index contributed by atoms with van der Waals surface area (Å²) in [6.07, 6.45) is 0.724. The van der Waals surface area contributed by atoms with Gasteiger partial charge in [0, 0.05) is 69.0 Å². The molecule has 33 heavy (non-hydrogen) atoms. The van der Waals surface area contributed by atoms with Crippen molar-refractivity contribution >= 4 is 44.8 Å². The second-order valence-electron chi connectivity index (χ2n) is 8.20. The molecule has 2 aromatic carbocycles. The fourth-order valence-electron chi connectivity index (χ4n) is 4.27. The summed E-state index contributed by atoms with van der Waals surface area (Å²) in [6, 6.07) is 12.4. The normalized spacial score (nSPS) is 16.1. The molecule has 0 saturated carbocycles. The van der Waals surface area contributed by atoms with Gasteiger partial charge in [0.1, 0.15) is 0 Å². The van der Waals surface area contributed by atoms with E-state index in [0.717, 1.165) is 16.9 Å². The van der Waals surface area contributed by atoms with E-state index in [1.54, 1.807) is 21.9 Å². The maximum atomic E-state index is 12.7. The van der Waals surface area contributed by atoms with E-state index in [2.05, 4.69) is 9.62 Å². The highest BCUT2D eigenvalue weighted by Gasteiger charge is 2.25. The summed E-state index contributed by atoms with van der Waals surface area (Å²) in [5, 5.41) is 0.688. The van der Waals surface area contributed by atoms with Gasteiger partial charge >= 0.3 is 0 Å². The quantitative estimate of drug-likeness (QED) is 0.671. The van der Waals surface area contributed by atoms with Crippen LogP contribution in [0, 0.1) is 0 Å². The van der Waals surface area contributed by atoms with Gasteiger partial charge in [-0.25, -0.2) is 13.1 Å².